The van der Waals surface area contributed by atoms with E-state index in [-0.39, 0.29) is 24.2 Å². The van der Waals surface area contributed by atoms with Crippen LogP contribution < -0.4 is 10.9 Å². The van der Waals surface area contributed by atoms with Crippen LogP contribution in [0.5, 0.6) is 5.75 Å². The van der Waals surface area contributed by atoms with Crippen molar-refractivity contribution in [2.45, 2.75) is 63.9 Å². The summed E-state index contributed by atoms with van der Waals surface area (Å²) in [5.41, 5.74) is 3.08. The molecule has 0 aliphatic heterocycles. The van der Waals surface area contributed by atoms with E-state index in [0.29, 0.717) is 23.4 Å². The van der Waals surface area contributed by atoms with Crippen molar-refractivity contribution in [1.29, 1.82) is 0 Å². The molecule has 1 saturated carbocycles. The van der Waals surface area contributed by atoms with Gasteiger partial charge >= 0.3 is 11.7 Å². The Kier molecular flexibility index (Phi) is 6.89. The van der Waals surface area contributed by atoms with Crippen molar-refractivity contribution in [3.05, 3.63) is 93.0 Å². The molecule has 1 atom stereocenters. The van der Waals surface area contributed by atoms with E-state index in [1.165, 1.54) is 0 Å². The Balaban J connectivity index is 1.40. The summed E-state index contributed by atoms with van der Waals surface area (Å²) in [6, 6.07) is 17.0. The molecule has 1 unspecified atom stereocenters. The van der Waals surface area contributed by atoms with Crippen LogP contribution >= 0.6 is 0 Å². The molecule has 35 heavy (non-hydrogen) atoms. The number of nitrogens with one attached hydrogen (secondary N) is 1. The van der Waals surface area contributed by atoms with Crippen molar-refractivity contribution in [3.8, 4) is 5.75 Å². The van der Waals surface area contributed by atoms with E-state index in [4.69, 9.17) is 9.15 Å². The molecule has 1 aromatic heterocycles. The molecule has 2 aliphatic carbocycles. The highest BCUT2D eigenvalue weighted by Gasteiger charge is 2.38. The van der Waals surface area contributed by atoms with Crippen molar-refractivity contribution in [1.82, 2.24) is 0 Å². The van der Waals surface area contributed by atoms with Gasteiger partial charge in [0.1, 0.15) is 18.1 Å². The van der Waals surface area contributed by atoms with Gasteiger partial charge in [0.2, 0.25) is 0 Å². The van der Waals surface area contributed by atoms with E-state index in [1.54, 1.807) is 6.07 Å². The summed E-state index contributed by atoms with van der Waals surface area (Å²) in [4.78, 5) is 25.5. The van der Waals surface area contributed by atoms with Crippen LogP contribution in [0, 0.1) is 5.92 Å². The highest BCUT2D eigenvalue weighted by Crippen LogP contribution is 2.49. The number of fused-ring (bicyclic) bond motifs is 1. The number of benzene rings is 2. The quantitative estimate of drug-likeness (QED) is 0.439. The first kappa shape index (κ1) is 23.2. The maximum absolute atomic E-state index is 13.1. The molecule has 2 aromatic carbocycles. The second-order valence-electron chi connectivity index (χ2n) is 9.60. The molecule has 2 N–H and O–H groups in total. The summed E-state index contributed by atoms with van der Waals surface area (Å²) >= 11 is 0. The first-order valence-electron chi connectivity index (χ1n) is 12.6. The fourth-order valence-corrected chi connectivity index (χ4v) is 5.09. The lowest BCUT2D eigenvalue weighted by Crippen LogP contribution is -2.19. The van der Waals surface area contributed by atoms with Gasteiger partial charge in [-0.1, -0.05) is 55.3 Å². The summed E-state index contributed by atoms with van der Waals surface area (Å²) in [6.45, 7) is 0.182. The molecule has 0 bridgehead atoms. The molecule has 0 radical (unpaired) electrons. The average molecular weight is 474 g/mol. The number of rotatable bonds is 6. The van der Waals surface area contributed by atoms with Gasteiger partial charge in [0.25, 0.3) is 0 Å². The van der Waals surface area contributed by atoms with Crippen molar-refractivity contribution in [3.63, 3.8) is 0 Å². The third-order valence-electron chi connectivity index (χ3n) is 7.00. The maximum Gasteiger partial charge on any atom is 0.411 e. The number of hydrogen-bond donors (Lipinski definition) is 2. The van der Waals surface area contributed by atoms with E-state index in [9.17, 15) is 14.7 Å². The normalized spacial score (nSPS) is 16.5. The zero-order valence-corrected chi connectivity index (χ0v) is 19.8. The van der Waals surface area contributed by atoms with Crippen LogP contribution in [0.4, 0.5) is 10.5 Å². The van der Waals surface area contributed by atoms with Crippen LogP contribution in [0.3, 0.4) is 0 Å². The van der Waals surface area contributed by atoms with Gasteiger partial charge in [-0.3, -0.25) is 5.32 Å². The maximum atomic E-state index is 13.1. The number of anilines is 1. The van der Waals surface area contributed by atoms with Crippen LogP contribution in [0.2, 0.25) is 0 Å². The Bertz CT molecular complexity index is 1250. The smallest absolute Gasteiger partial charge is 0.411 e. The number of aryl methyl sites for hydroxylation is 1. The van der Waals surface area contributed by atoms with E-state index < -0.39 is 11.7 Å². The Morgan fingerprint density at radius 1 is 1.03 bits per heavy atom. The molecule has 6 nitrogen and oxygen atoms in total. The van der Waals surface area contributed by atoms with Crippen molar-refractivity contribution < 1.29 is 19.1 Å². The number of ether oxygens (including phenoxy) is 1. The molecule has 0 spiro atoms. The molecule has 5 rings (SSSR count). The Morgan fingerprint density at radius 2 is 1.80 bits per heavy atom. The highest BCUT2D eigenvalue weighted by molar-refractivity contribution is 5.84. The van der Waals surface area contributed by atoms with Gasteiger partial charge < -0.3 is 14.3 Å². The second kappa shape index (κ2) is 10.4. The topological polar surface area (TPSA) is 88.8 Å². The lowest BCUT2D eigenvalue weighted by molar-refractivity contribution is 0.155. The minimum absolute atomic E-state index is 0.107. The first-order valence-corrected chi connectivity index (χ1v) is 12.6. The van der Waals surface area contributed by atoms with Crippen molar-refractivity contribution in [2.24, 2.45) is 5.92 Å². The van der Waals surface area contributed by atoms with Gasteiger partial charge in [-0.05, 0) is 61.3 Å². The van der Waals surface area contributed by atoms with Crippen molar-refractivity contribution >= 4 is 11.8 Å². The van der Waals surface area contributed by atoms with Gasteiger partial charge in [0.05, 0.1) is 5.56 Å². The molecule has 1 heterocycles. The zero-order chi connectivity index (χ0) is 24.2. The lowest BCUT2D eigenvalue weighted by Gasteiger charge is -2.22. The summed E-state index contributed by atoms with van der Waals surface area (Å²) in [7, 11) is 0. The van der Waals surface area contributed by atoms with E-state index >= 15 is 0 Å². The van der Waals surface area contributed by atoms with Crippen LogP contribution in [0.25, 0.3) is 0 Å². The number of hydrogen-bond acceptors (Lipinski definition) is 5. The van der Waals surface area contributed by atoms with Gasteiger partial charge in [0, 0.05) is 23.6 Å². The third-order valence-corrected chi connectivity index (χ3v) is 7.00. The fraction of sp³-hybridized carbons (Fsp3) is 0.379. The Morgan fingerprint density at radius 3 is 2.57 bits per heavy atom. The summed E-state index contributed by atoms with van der Waals surface area (Å²) in [5, 5.41) is 14.1. The Hall–Kier alpha value is -3.54. The standard InChI is InChI=1S/C29H31NO5/c31-27-23-13-6-1-2-7-14-24(23)35-28(32)26(27)25(20-15-16-20)21-11-8-12-22(17-21)30-29(33)34-18-19-9-4-3-5-10-19/h3-5,8-12,17,20,25,31H,1-2,6-7,13-16,18H2,(H,30,33). The molecular formula is C29H31NO5. The molecular weight excluding hydrogens is 442 g/mol. The molecule has 182 valence electrons. The van der Waals surface area contributed by atoms with E-state index in [2.05, 4.69) is 5.32 Å². The largest absolute Gasteiger partial charge is 0.507 e. The predicted octanol–water partition coefficient (Wildman–Crippen LogP) is 6.30. The van der Waals surface area contributed by atoms with Crippen LogP contribution in [0.1, 0.15) is 72.5 Å². The fourth-order valence-electron chi connectivity index (χ4n) is 5.09. The first-order chi connectivity index (χ1) is 17.1. The van der Waals surface area contributed by atoms with Crippen LogP contribution in [-0.4, -0.2) is 11.2 Å². The summed E-state index contributed by atoms with van der Waals surface area (Å²) < 4.78 is 11.1. The van der Waals surface area contributed by atoms with Gasteiger partial charge in [-0.2, -0.15) is 0 Å². The van der Waals surface area contributed by atoms with Crippen LogP contribution in [-0.2, 0) is 24.2 Å². The zero-order valence-electron chi connectivity index (χ0n) is 19.8. The van der Waals surface area contributed by atoms with Gasteiger partial charge in [-0.15, -0.1) is 0 Å². The predicted molar refractivity (Wildman–Crippen MR) is 134 cm³/mol. The highest BCUT2D eigenvalue weighted by atomic mass is 16.5. The Labute approximate surface area is 204 Å². The van der Waals surface area contributed by atoms with Crippen molar-refractivity contribution in [2.75, 3.05) is 5.32 Å². The summed E-state index contributed by atoms with van der Waals surface area (Å²) in [6.07, 6.45) is 7.02. The lowest BCUT2D eigenvalue weighted by atomic mass is 9.85. The molecule has 6 heteroatoms. The minimum atomic E-state index is -0.544. The number of carbonyl (C=O) groups excluding carboxylic acids is 1. The molecule has 2 aliphatic rings. The number of amides is 1. The minimum Gasteiger partial charge on any atom is -0.507 e. The monoisotopic (exact) mass is 473 g/mol. The van der Waals surface area contributed by atoms with E-state index in [0.717, 1.165) is 61.6 Å². The average Bonchev–Trinajstić information content (AvgIpc) is 3.68. The molecule has 1 amide bonds. The molecule has 3 aromatic rings. The summed E-state index contributed by atoms with van der Waals surface area (Å²) in [5.74, 6) is 0.734. The van der Waals surface area contributed by atoms with Gasteiger partial charge in [-0.25, -0.2) is 9.59 Å². The number of aromatic hydroxyl groups is 1. The molecule has 0 saturated heterocycles. The molecule has 1 fully saturated rings. The SMILES string of the molecule is O=C(Nc1cccc(C(c2c(O)c3c(oc2=O)CCCCCC3)C2CC2)c1)OCc1ccccc1. The van der Waals surface area contributed by atoms with Crippen LogP contribution in [0.15, 0.2) is 63.8 Å². The third kappa shape index (κ3) is 5.42. The number of carbonyl (C=O) groups is 1. The van der Waals surface area contributed by atoms with Gasteiger partial charge in [0.15, 0.2) is 0 Å². The second-order valence-corrected chi connectivity index (χ2v) is 9.60. The van der Waals surface area contributed by atoms with E-state index in [1.807, 2.05) is 48.5 Å².